The van der Waals surface area contributed by atoms with E-state index in [4.69, 9.17) is 9.47 Å². The molecule has 164 valence electrons. The van der Waals surface area contributed by atoms with Crippen LogP contribution in [0, 0.1) is 0 Å². The summed E-state index contributed by atoms with van der Waals surface area (Å²) in [6.07, 6.45) is 1.02. The summed E-state index contributed by atoms with van der Waals surface area (Å²) >= 11 is 0. The van der Waals surface area contributed by atoms with Crippen molar-refractivity contribution in [3.63, 3.8) is 0 Å². The van der Waals surface area contributed by atoms with Crippen LogP contribution in [0.3, 0.4) is 0 Å². The maximum absolute atomic E-state index is 12.9. The summed E-state index contributed by atoms with van der Waals surface area (Å²) in [4.78, 5) is 38.6. The highest BCUT2D eigenvalue weighted by Crippen LogP contribution is 2.24. The highest BCUT2D eigenvalue weighted by atomic mass is 16.5. The second kappa shape index (κ2) is 9.51. The minimum absolute atomic E-state index is 0.272. The van der Waals surface area contributed by atoms with E-state index in [1.54, 1.807) is 21.1 Å². The molecule has 1 atom stereocenters. The average Bonchev–Trinajstić information content (AvgIpc) is 3.00. The Morgan fingerprint density at radius 1 is 1.03 bits per heavy atom. The number of urea groups is 1. The highest BCUT2D eigenvalue weighted by molar-refractivity contribution is 6.08. The van der Waals surface area contributed by atoms with Gasteiger partial charge in [0.25, 0.3) is 5.91 Å². The van der Waals surface area contributed by atoms with Crippen molar-refractivity contribution < 1.29 is 23.9 Å². The zero-order valence-corrected chi connectivity index (χ0v) is 17.9. The van der Waals surface area contributed by atoms with Crippen molar-refractivity contribution in [1.82, 2.24) is 15.5 Å². The van der Waals surface area contributed by atoms with Crippen LogP contribution in [0.5, 0.6) is 11.5 Å². The summed E-state index contributed by atoms with van der Waals surface area (Å²) < 4.78 is 10.3. The number of nitrogens with zero attached hydrogens (tertiary/aromatic N) is 1. The van der Waals surface area contributed by atoms with Gasteiger partial charge in [0.15, 0.2) is 0 Å². The fourth-order valence-electron chi connectivity index (χ4n) is 3.43. The molecule has 0 aromatic heterocycles. The van der Waals surface area contributed by atoms with Crippen LogP contribution in [0.4, 0.5) is 4.79 Å². The van der Waals surface area contributed by atoms with Gasteiger partial charge in [-0.25, -0.2) is 4.79 Å². The normalized spacial score (nSPS) is 18.0. The van der Waals surface area contributed by atoms with E-state index in [0.29, 0.717) is 18.6 Å². The van der Waals surface area contributed by atoms with Gasteiger partial charge in [0.1, 0.15) is 23.6 Å². The van der Waals surface area contributed by atoms with E-state index in [9.17, 15) is 14.4 Å². The molecule has 3 rings (SSSR count). The molecule has 1 aliphatic heterocycles. The van der Waals surface area contributed by atoms with Gasteiger partial charge in [-0.2, -0.15) is 0 Å². The first-order valence-electron chi connectivity index (χ1n) is 10.0. The molecule has 0 saturated carbocycles. The number of benzene rings is 2. The van der Waals surface area contributed by atoms with Gasteiger partial charge >= 0.3 is 6.03 Å². The lowest BCUT2D eigenvalue weighted by Crippen LogP contribution is -2.45. The Hall–Kier alpha value is -3.55. The zero-order valence-electron chi connectivity index (χ0n) is 17.9. The molecule has 0 aliphatic carbocycles. The average molecular weight is 425 g/mol. The zero-order chi connectivity index (χ0) is 22.4. The molecule has 1 aliphatic rings. The fourth-order valence-corrected chi connectivity index (χ4v) is 3.43. The van der Waals surface area contributed by atoms with Crippen molar-refractivity contribution in [1.29, 1.82) is 0 Å². The monoisotopic (exact) mass is 425 g/mol. The largest absolute Gasteiger partial charge is 0.497 e. The van der Waals surface area contributed by atoms with Crippen molar-refractivity contribution in [2.75, 3.05) is 20.8 Å². The van der Waals surface area contributed by atoms with Gasteiger partial charge < -0.3 is 20.1 Å². The second-order valence-corrected chi connectivity index (χ2v) is 7.63. The van der Waals surface area contributed by atoms with Gasteiger partial charge in [-0.05, 0) is 55.2 Å². The molecule has 0 spiro atoms. The molecule has 2 aromatic rings. The quantitative estimate of drug-likeness (QED) is 0.601. The molecule has 2 N–H and O–H groups in total. The maximum Gasteiger partial charge on any atom is 0.325 e. The molecule has 2 aromatic carbocycles. The summed E-state index contributed by atoms with van der Waals surface area (Å²) in [5.41, 5.74) is 0.831. The molecule has 1 heterocycles. The predicted molar refractivity (Wildman–Crippen MR) is 115 cm³/mol. The summed E-state index contributed by atoms with van der Waals surface area (Å²) in [6, 6.07) is 14.3. The maximum atomic E-state index is 12.9. The third kappa shape index (κ3) is 5.33. The fraction of sp³-hybridized carbons (Fsp3) is 0.348. The van der Waals surface area contributed by atoms with Crippen molar-refractivity contribution in [3.8, 4) is 11.5 Å². The number of rotatable bonds is 9. The second-order valence-electron chi connectivity index (χ2n) is 7.63. The number of hydrogen-bond donors (Lipinski definition) is 2. The molecule has 8 heteroatoms. The summed E-state index contributed by atoms with van der Waals surface area (Å²) in [5, 5.41) is 5.47. The summed E-state index contributed by atoms with van der Waals surface area (Å²) in [6.45, 7) is 1.63. The van der Waals surface area contributed by atoms with E-state index in [1.807, 2.05) is 48.5 Å². The number of imide groups is 1. The van der Waals surface area contributed by atoms with E-state index in [1.165, 1.54) is 0 Å². The molecule has 1 fully saturated rings. The van der Waals surface area contributed by atoms with E-state index in [-0.39, 0.29) is 13.1 Å². The smallest absolute Gasteiger partial charge is 0.325 e. The number of nitrogens with one attached hydrogen (secondary N) is 2. The van der Waals surface area contributed by atoms with Gasteiger partial charge in [0.05, 0.1) is 14.2 Å². The van der Waals surface area contributed by atoms with Gasteiger partial charge in [0.2, 0.25) is 5.91 Å². The molecule has 31 heavy (non-hydrogen) atoms. The third-order valence-electron chi connectivity index (χ3n) is 5.34. The lowest BCUT2D eigenvalue weighted by molar-refractivity contribution is -0.134. The molecule has 1 saturated heterocycles. The molecule has 8 nitrogen and oxygen atoms in total. The number of hydrogen-bond acceptors (Lipinski definition) is 5. The molecule has 0 radical (unpaired) electrons. The first kappa shape index (κ1) is 22.1. The van der Waals surface area contributed by atoms with E-state index in [2.05, 4.69) is 10.6 Å². The lowest BCUT2D eigenvalue weighted by Gasteiger charge is -2.21. The van der Waals surface area contributed by atoms with Gasteiger partial charge in [-0.15, -0.1) is 0 Å². The summed E-state index contributed by atoms with van der Waals surface area (Å²) in [7, 11) is 3.17. The minimum Gasteiger partial charge on any atom is -0.497 e. The number of ether oxygens (including phenoxy) is 2. The van der Waals surface area contributed by atoms with Crippen molar-refractivity contribution >= 4 is 17.8 Å². The Bertz CT molecular complexity index is 960. The van der Waals surface area contributed by atoms with E-state index >= 15 is 0 Å². The topological polar surface area (TPSA) is 97.0 Å². The number of carbonyl (C=O) groups excluding carboxylic acids is 3. The number of carbonyl (C=O) groups is 3. The first-order chi connectivity index (χ1) is 14.8. The molecule has 0 bridgehead atoms. The Balaban J connectivity index is 1.55. The Morgan fingerprint density at radius 2 is 1.74 bits per heavy atom. The Labute approximate surface area is 181 Å². The van der Waals surface area contributed by atoms with Crippen LogP contribution in [-0.4, -0.2) is 49.0 Å². The molecular weight excluding hydrogens is 398 g/mol. The van der Waals surface area contributed by atoms with Crippen LogP contribution in [0.1, 0.15) is 24.5 Å². The number of amides is 4. The number of methoxy groups -OCH3 is 2. The summed E-state index contributed by atoms with van der Waals surface area (Å²) in [5.74, 6) is 0.632. The van der Waals surface area contributed by atoms with Gasteiger partial charge in [-0.1, -0.05) is 24.3 Å². The van der Waals surface area contributed by atoms with Gasteiger partial charge in [0, 0.05) is 6.54 Å². The Kier molecular flexibility index (Phi) is 6.79. The molecular formula is C23H27N3O5. The lowest BCUT2D eigenvalue weighted by atomic mass is 9.93. The van der Waals surface area contributed by atoms with E-state index < -0.39 is 23.4 Å². The Morgan fingerprint density at radius 3 is 2.42 bits per heavy atom. The van der Waals surface area contributed by atoms with Crippen LogP contribution < -0.4 is 20.1 Å². The molecule has 4 amide bonds. The van der Waals surface area contributed by atoms with Crippen LogP contribution in [-0.2, 0) is 22.6 Å². The SMILES string of the molecule is COc1ccc(CCC2(C)NC(=O)N(CC(=O)NCc3cccc(OC)c3)C2=O)cc1. The first-order valence-corrected chi connectivity index (χ1v) is 10.0. The predicted octanol–water partition coefficient (Wildman–Crippen LogP) is 2.26. The minimum atomic E-state index is -1.05. The van der Waals surface area contributed by atoms with Gasteiger partial charge in [-0.3, -0.25) is 14.5 Å². The van der Waals surface area contributed by atoms with Crippen LogP contribution >= 0.6 is 0 Å². The van der Waals surface area contributed by atoms with Crippen molar-refractivity contribution in [3.05, 3.63) is 59.7 Å². The standard InChI is InChI=1S/C23H27N3O5/c1-23(12-11-16-7-9-18(30-2)10-8-16)21(28)26(22(29)25-23)15-20(27)24-14-17-5-4-6-19(13-17)31-3/h4-10,13H,11-12,14-15H2,1-3H3,(H,24,27)(H,25,29). The number of aryl methyl sites for hydroxylation is 1. The van der Waals surface area contributed by atoms with Crippen molar-refractivity contribution in [2.24, 2.45) is 0 Å². The van der Waals surface area contributed by atoms with Crippen LogP contribution in [0.15, 0.2) is 48.5 Å². The van der Waals surface area contributed by atoms with E-state index in [0.717, 1.165) is 21.8 Å². The molecule has 1 unspecified atom stereocenters. The third-order valence-corrected chi connectivity index (χ3v) is 5.34. The van der Waals surface area contributed by atoms with Crippen molar-refractivity contribution in [2.45, 2.75) is 31.8 Å². The van der Waals surface area contributed by atoms with Crippen LogP contribution in [0.25, 0.3) is 0 Å². The van der Waals surface area contributed by atoms with Crippen LogP contribution in [0.2, 0.25) is 0 Å². The highest BCUT2D eigenvalue weighted by Gasteiger charge is 2.47.